The highest BCUT2D eigenvalue weighted by molar-refractivity contribution is 6.07. The number of nitrogen functional groups attached to an aromatic ring is 1. The molecule has 0 fully saturated rings. The van der Waals surface area contributed by atoms with Gasteiger partial charge in [0.15, 0.2) is 11.5 Å². The zero-order valence-corrected chi connectivity index (χ0v) is 22.6. The molecule has 0 unspecified atom stereocenters. The van der Waals surface area contributed by atoms with Crippen LogP contribution in [0.5, 0.6) is 0 Å². The Kier molecular flexibility index (Phi) is 7.11. The Hall–Kier alpha value is -5.50. The number of nitrogens with zero attached hydrogens (tertiary/aromatic N) is 5. The lowest BCUT2D eigenvalue weighted by Gasteiger charge is -2.10. The van der Waals surface area contributed by atoms with Gasteiger partial charge in [0.25, 0.3) is 5.91 Å². The number of anilines is 3. The Morgan fingerprint density at radius 1 is 1.07 bits per heavy atom. The number of aromatic amines is 1. The quantitative estimate of drug-likeness (QED) is 0.192. The number of hydrogen-bond acceptors (Lipinski definition) is 8. The lowest BCUT2D eigenvalue weighted by Crippen LogP contribution is -2.33. The van der Waals surface area contributed by atoms with Crippen LogP contribution in [0, 0.1) is 0 Å². The van der Waals surface area contributed by atoms with Gasteiger partial charge in [-0.3, -0.25) is 4.79 Å². The van der Waals surface area contributed by atoms with Gasteiger partial charge in [-0.05, 0) is 41.5 Å². The second kappa shape index (κ2) is 11.1. The molecule has 0 saturated heterocycles. The number of aromatic nitrogens is 6. The van der Waals surface area contributed by atoms with Crippen molar-refractivity contribution in [1.29, 1.82) is 0 Å². The van der Waals surface area contributed by atoms with Crippen molar-refractivity contribution in [2.24, 2.45) is 0 Å². The number of alkyl halides is 3. The molecular formula is C29H24F3N9O2. The number of halogens is 3. The van der Waals surface area contributed by atoms with Crippen LogP contribution >= 0.6 is 0 Å². The third-order valence-electron chi connectivity index (χ3n) is 6.61. The minimum absolute atomic E-state index is 0.0240. The van der Waals surface area contributed by atoms with Crippen molar-refractivity contribution < 1.29 is 22.7 Å². The van der Waals surface area contributed by atoms with Crippen LogP contribution < -0.4 is 16.4 Å². The normalized spacial score (nSPS) is 11.7. The molecule has 11 nitrogen and oxygen atoms in total. The zero-order valence-electron chi connectivity index (χ0n) is 22.6. The fraction of sp³-hybridized carbons (Fsp3) is 0.138. The average molecular weight is 588 g/mol. The molecule has 14 heteroatoms. The van der Waals surface area contributed by atoms with E-state index in [1.54, 1.807) is 31.4 Å². The number of nitrogens with two attached hydrogens (primary N) is 1. The monoisotopic (exact) mass is 587 g/mol. The summed E-state index contributed by atoms with van der Waals surface area (Å²) in [5.74, 6) is -0.389. The van der Waals surface area contributed by atoms with Gasteiger partial charge in [0.1, 0.15) is 23.9 Å². The van der Waals surface area contributed by atoms with Gasteiger partial charge in [0.05, 0.1) is 17.9 Å². The van der Waals surface area contributed by atoms with Crippen LogP contribution in [-0.4, -0.2) is 55.3 Å². The van der Waals surface area contributed by atoms with Crippen molar-refractivity contribution in [2.45, 2.75) is 12.8 Å². The predicted octanol–water partition coefficient (Wildman–Crippen LogP) is 5.10. The summed E-state index contributed by atoms with van der Waals surface area (Å²) in [4.78, 5) is 29.2. The Balaban J connectivity index is 1.27. The molecule has 6 rings (SSSR count). The molecule has 0 radical (unpaired) electrons. The molecule has 0 aliphatic carbocycles. The van der Waals surface area contributed by atoms with Gasteiger partial charge in [0.2, 0.25) is 5.95 Å². The van der Waals surface area contributed by atoms with Gasteiger partial charge in [-0.15, -0.1) is 0 Å². The highest BCUT2D eigenvalue weighted by Gasteiger charge is 2.29. The largest absolute Gasteiger partial charge is 0.405 e. The van der Waals surface area contributed by atoms with Crippen molar-refractivity contribution in [3.63, 3.8) is 0 Å². The van der Waals surface area contributed by atoms with Crippen LogP contribution in [0.25, 0.3) is 39.1 Å². The third-order valence-corrected chi connectivity index (χ3v) is 6.61. The number of pyridine rings is 1. The minimum atomic E-state index is -4.57. The van der Waals surface area contributed by atoms with Crippen molar-refractivity contribution in [3.8, 4) is 22.4 Å². The fourth-order valence-electron chi connectivity index (χ4n) is 4.73. The van der Waals surface area contributed by atoms with Crippen molar-refractivity contribution in [3.05, 3.63) is 84.3 Å². The fourth-order valence-corrected chi connectivity index (χ4v) is 4.73. The number of imidazole rings is 1. The van der Waals surface area contributed by atoms with Crippen molar-refractivity contribution in [1.82, 2.24) is 34.9 Å². The number of benzene rings is 2. The third kappa shape index (κ3) is 5.81. The highest BCUT2D eigenvalue weighted by atomic mass is 19.4. The summed E-state index contributed by atoms with van der Waals surface area (Å²) >= 11 is 0. The van der Waals surface area contributed by atoms with E-state index in [1.807, 2.05) is 41.7 Å². The van der Waals surface area contributed by atoms with Gasteiger partial charge in [0, 0.05) is 30.1 Å². The maximum atomic E-state index is 12.8. The molecule has 4 aromatic heterocycles. The topological polar surface area (TPSA) is 148 Å². The molecular weight excluding hydrogens is 563 g/mol. The average Bonchev–Trinajstić information content (AvgIpc) is 3.58. The summed E-state index contributed by atoms with van der Waals surface area (Å²) < 4.78 is 44.8. The molecule has 4 heterocycles. The first kappa shape index (κ1) is 27.7. The van der Waals surface area contributed by atoms with Crippen molar-refractivity contribution in [2.75, 3.05) is 24.7 Å². The summed E-state index contributed by atoms with van der Waals surface area (Å²) in [6.45, 7) is -0.975. The van der Waals surface area contributed by atoms with Crippen LogP contribution in [0.3, 0.4) is 0 Å². The Bertz CT molecular complexity index is 1950. The van der Waals surface area contributed by atoms with E-state index < -0.39 is 18.6 Å². The summed E-state index contributed by atoms with van der Waals surface area (Å²) in [5.41, 5.74) is 11.9. The summed E-state index contributed by atoms with van der Waals surface area (Å²) in [7, 11) is 1.65. The molecule has 43 heavy (non-hydrogen) atoms. The smallest absolute Gasteiger partial charge is 0.382 e. The second-order valence-corrected chi connectivity index (χ2v) is 9.64. The molecule has 0 aliphatic rings. The van der Waals surface area contributed by atoms with E-state index in [0.717, 1.165) is 16.8 Å². The first-order chi connectivity index (χ1) is 20.7. The lowest BCUT2D eigenvalue weighted by molar-refractivity contribution is -0.123. The van der Waals surface area contributed by atoms with E-state index in [0.29, 0.717) is 46.1 Å². The number of rotatable bonds is 8. The number of nitrogens with one attached hydrogen (secondary N) is 3. The number of methoxy groups -OCH3 is 1. The molecule has 5 N–H and O–H groups in total. The maximum absolute atomic E-state index is 12.8. The van der Waals surface area contributed by atoms with Gasteiger partial charge in [-0.25, -0.2) is 19.5 Å². The summed E-state index contributed by atoms with van der Waals surface area (Å²) in [6.07, 6.45) is -2.05. The minimum Gasteiger partial charge on any atom is -0.382 e. The first-order valence-electron chi connectivity index (χ1n) is 13.0. The number of carbonyl (C=O) groups excluding carboxylic acids is 1. The summed E-state index contributed by atoms with van der Waals surface area (Å²) in [6, 6.07) is 18.6. The number of carbonyl (C=O) groups is 1. The Morgan fingerprint density at radius 3 is 2.65 bits per heavy atom. The molecule has 0 saturated carbocycles. The second-order valence-electron chi connectivity index (χ2n) is 9.64. The number of hydrogen-bond donors (Lipinski definition) is 4. The van der Waals surface area contributed by atoms with Crippen LogP contribution in [-0.2, 0) is 11.3 Å². The van der Waals surface area contributed by atoms with Crippen LogP contribution in [0.1, 0.15) is 15.9 Å². The Labute approximate surface area is 241 Å². The van der Waals surface area contributed by atoms with Crippen LogP contribution in [0.15, 0.2) is 73.2 Å². The number of ether oxygens (including phenoxy) is 1. The molecule has 218 valence electrons. The van der Waals surface area contributed by atoms with E-state index in [1.165, 1.54) is 17.0 Å². The first-order valence-corrected chi connectivity index (χ1v) is 13.0. The molecule has 2 aromatic carbocycles. The van der Waals surface area contributed by atoms with E-state index in [4.69, 9.17) is 15.5 Å². The van der Waals surface area contributed by atoms with Gasteiger partial charge < -0.3 is 26.1 Å². The highest BCUT2D eigenvalue weighted by Crippen LogP contribution is 2.33. The Morgan fingerprint density at radius 2 is 1.88 bits per heavy atom. The lowest BCUT2D eigenvalue weighted by atomic mass is 10.0. The van der Waals surface area contributed by atoms with E-state index in [-0.39, 0.29) is 11.4 Å². The molecule has 1 amide bonds. The molecule has 0 atom stereocenters. The van der Waals surface area contributed by atoms with E-state index in [9.17, 15) is 18.0 Å². The van der Waals surface area contributed by atoms with E-state index in [2.05, 4.69) is 25.4 Å². The number of fused-ring (bicyclic) bond motifs is 2. The van der Waals surface area contributed by atoms with Crippen LogP contribution in [0.2, 0.25) is 0 Å². The van der Waals surface area contributed by atoms with E-state index >= 15 is 0 Å². The maximum Gasteiger partial charge on any atom is 0.405 e. The van der Waals surface area contributed by atoms with Crippen LogP contribution in [0.4, 0.5) is 30.6 Å². The SMILES string of the molecule is COCc1cccc(-c2ccc3nc(Nc4ccc(-c5c(C(=O)NCC(F)(F)F)cn6ncnc(N)c56)cc4)[nH]c3n2)c1. The molecule has 0 bridgehead atoms. The van der Waals surface area contributed by atoms with Gasteiger partial charge >= 0.3 is 6.18 Å². The number of amides is 1. The molecule has 0 spiro atoms. The standard InChI is InChI=1S/C29H24F3N9O2/c1-43-13-16-3-2-4-18(11-16)21-9-10-22-26(38-21)40-28(39-22)37-19-7-5-17(6-8-19)23-20(27(42)34-14-29(30,31)32)12-41-24(23)25(33)35-15-36-41/h2-12,15H,13-14H2,1H3,(H,34,42)(H2,33,35,36)(H2,37,38,39,40). The number of H-pyrrole nitrogens is 1. The van der Waals surface area contributed by atoms with Gasteiger partial charge in [-0.1, -0.05) is 30.3 Å². The summed E-state index contributed by atoms with van der Waals surface area (Å²) in [5, 5.41) is 9.16. The predicted molar refractivity (Wildman–Crippen MR) is 155 cm³/mol. The van der Waals surface area contributed by atoms with Gasteiger partial charge in [-0.2, -0.15) is 18.3 Å². The van der Waals surface area contributed by atoms with Crippen molar-refractivity contribution >= 4 is 40.0 Å². The zero-order chi connectivity index (χ0) is 30.1. The molecule has 6 aromatic rings. The molecule has 0 aliphatic heterocycles.